The third-order valence-corrected chi connectivity index (χ3v) is 7.66. The van der Waals surface area contributed by atoms with Gasteiger partial charge in [0.1, 0.15) is 4.21 Å². The van der Waals surface area contributed by atoms with Crippen molar-refractivity contribution in [3.8, 4) is 0 Å². The summed E-state index contributed by atoms with van der Waals surface area (Å²) in [5, 5.41) is 3.09. The van der Waals surface area contributed by atoms with Crippen LogP contribution in [-0.4, -0.2) is 32.4 Å². The Labute approximate surface area is 126 Å². The lowest BCUT2D eigenvalue weighted by Gasteiger charge is -2.25. The molecular weight excluding hydrogens is 292 g/mol. The molecule has 1 saturated carbocycles. The SMILES string of the molecule is CCN(C1CCCC1)S(=O)(=O)c1cc(C)c(CNC)s1. The number of aryl methyl sites for hydroxylation is 1. The number of sulfonamides is 1. The van der Waals surface area contributed by atoms with Gasteiger partial charge in [0.2, 0.25) is 0 Å². The molecule has 0 aliphatic heterocycles. The van der Waals surface area contributed by atoms with Gasteiger partial charge in [0, 0.05) is 24.0 Å². The van der Waals surface area contributed by atoms with Crippen molar-refractivity contribution in [3.05, 3.63) is 16.5 Å². The zero-order valence-electron chi connectivity index (χ0n) is 12.5. The summed E-state index contributed by atoms with van der Waals surface area (Å²) in [5.74, 6) is 0. The van der Waals surface area contributed by atoms with Crippen LogP contribution in [0.2, 0.25) is 0 Å². The fraction of sp³-hybridized carbons (Fsp3) is 0.714. The molecule has 1 heterocycles. The Kier molecular flexibility index (Phi) is 5.23. The number of hydrogen-bond acceptors (Lipinski definition) is 4. The van der Waals surface area contributed by atoms with Gasteiger partial charge in [-0.1, -0.05) is 19.8 Å². The van der Waals surface area contributed by atoms with Gasteiger partial charge in [0.25, 0.3) is 10.0 Å². The van der Waals surface area contributed by atoms with Crippen LogP contribution in [0.1, 0.15) is 43.0 Å². The van der Waals surface area contributed by atoms with E-state index in [1.54, 1.807) is 4.31 Å². The van der Waals surface area contributed by atoms with E-state index in [1.807, 2.05) is 27.0 Å². The third kappa shape index (κ3) is 3.08. The number of hydrogen-bond donors (Lipinski definition) is 1. The molecule has 0 spiro atoms. The maximum atomic E-state index is 12.8. The lowest BCUT2D eigenvalue weighted by molar-refractivity contribution is 0.336. The van der Waals surface area contributed by atoms with Crippen LogP contribution in [0.5, 0.6) is 0 Å². The fourth-order valence-corrected chi connectivity index (χ4v) is 6.31. The molecule has 4 nitrogen and oxygen atoms in total. The highest BCUT2D eigenvalue weighted by molar-refractivity contribution is 7.91. The van der Waals surface area contributed by atoms with Crippen molar-refractivity contribution in [1.82, 2.24) is 9.62 Å². The van der Waals surface area contributed by atoms with E-state index in [4.69, 9.17) is 0 Å². The molecule has 0 unspecified atom stereocenters. The Bertz CT molecular complexity index is 546. The van der Waals surface area contributed by atoms with Crippen LogP contribution in [-0.2, 0) is 16.6 Å². The molecule has 1 aromatic heterocycles. The van der Waals surface area contributed by atoms with Gasteiger partial charge in [-0.15, -0.1) is 11.3 Å². The highest BCUT2D eigenvalue weighted by Crippen LogP contribution is 2.32. The molecule has 20 heavy (non-hydrogen) atoms. The first-order valence-electron chi connectivity index (χ1n) is 7.26. The maximum Gasteiger partial charge on any atom is 0.252 e. The third-order valence-electron chi connectivity index (χ3n) is 3.94. The van der Waals surface area contributed by atoms with Crippen molar-refractivity contribution in [2.75, 3.05) is 13.6 Å². The van der Waals surface area contributed by atoms with E-state index in [2.05, 4.69) is 5.32 Å². The summed E-state index contributed by atoms with van der Waals surface area (Å²) in [6, 6.07) is 2.02. The molecule has 1 aliphatic rings. The maximum absolute atomic E-state index is 12.8. The molecular formula is C14H24N2O2S2. The van der Waals surface area contributed by atoms with E-state index in [0.717, 1.165) is 42.7 Å². The van der Waals surface area contributed by atoms with Crippen LogP contribution in [0, 0.1) is 6.92 Å². The van der Waals surface area contributed by atoms with E-state index >= 15 is 0 Å². The first kappa shape index (κ1) is 15.9. The molecule has 0 radical (unpaired) electrons. The summed E-state index contributed by atoms with van der Waals surface area (Å²) in [4.78, 5) is 1.11. The summed E-state index contributed by atoms with van der Waals surface area (Å²) < 4.78 is 27.9. The van der Waals surface area contributed by atoms with Crippen LogP contribution in [0.25, 0.3) is 0 Å². The van der Waals surface area contributed by atoms with Gasteiger partial charge in [-0.05, 0) is 38.4 Å². The Hall–Kier alpha value is -0.430. The minimum Gasteiger partial charge on any atom is -0.315 e. The van der Waals surface area contributed by atoms with Gasteiger partial charge in [-0.3, -0.25) is 0 Å². The van der Waals surface area contributed by atoms with Crippen LogP contribution < -0.4 is 5.32 Å². The average molecular weight is 316 g/mol. The molecule has 1 aliphatic carbocycles. The monoisotopic (exact) mass is 316 g/mol. The van der Waals surface area contributed by atoms with Crippen LogP contribution in [0.3, 0.4) is 0 Å². The quantitative estimate of drug-likeness (QED) is 0.878. The van der Waals surface area contributed by atoms with Crippen molar-refractivity contribution in [2.45, 2.75) is 56.3 Å². The highest BCUT2D eigenvalue weighted by atomic mass is 32.2. The molecule has 0 aromatic carbocycles. The van der Waals surface area contributed by atoms with E-state index in [9.17, 15) is 8.42 Å². The molecule has 0 amide bonds. The summed E-state index contributed by atoms with van der Waals surface area (Å²) in [6.45, 7) is 5.20. The summed E-state index contributed by atoms with van der Waals surface area (Å²) in [7, 11) is -1.45. The Morgan fingerprint density at radius 3 is 2.60 bits per heavy atom. The first-order chi connectivity index (χ1) is 9.50. The zero-order chi connectivity index (χ0) is 14.8. The molecule has 1 aromatic rings. The van der Waals surface area contributed by atoms with Crippen LogP contribution in [0.4, 0.5) is 0 Å². The van der Waals surface area contributed by atoms with Crippen molar-refractivity contribution < 1.29 is 8.42 Å². The largest absolute Gasteiger partial charge is 0.315 e. The fourth-order valence-electron chi connectivity index (χ4n) is 2.88. The van der Waals surface area contributed by atoms with Crippen LogP contribution in [0.15, 0.2) is 10.3 Å². The number of nitrogens with zero attached hydrogens (tertiary/aromatic N) is 1. The van der Waals surface area contributed by atoms with Gasteiger partial charge in [0.15, 0.2) is 0 Å². The number of rotatable bonds is 6. The Morgan fingerprint density at radius 1 is 1.40 bits per heavy atom. The first-order valence-corrected chi connectivity index (χ1v) is 9.52. The average Bonchev–Trinajstić information content (AvgIpc) is 3.02. The second-order valence-corrected chi connectivity index (χ2v) is 8.60. The lowest BCUT2D eigenvalue weighted by atomic mass is 10.2. The van der Waals surface area contributed by atoms with E-state index in [1.165, 1.54) is 11.3 Å². The Morgan fingerprint density at radius 2 is 2.05 bits per heavy atom. The van der Waals surface area contributed by atoms with E-state index in [0.29, 0.717) is 10.8 Å². The summed E-state index contributed by atoms with van der Waals surface area (Å²) in [6.07, 6.45) is 4.29. The second kappa shape index (κ2) is 6.56. The second-order valence-electron chi connectivity index (χ2n) is 5.35. The minimum absolute atomic E-state index is 0.195. The van der Waals surface area contributed by atoms with Gasteiger partial charge >= 0.3 is 0 Å². The molecule has 0 saturated heterocycles. The Balaban J connectivity index is 2.30. The van der Waals surface area contributed by atoms with E-state index in [-0.39, 0.29) is 6.04 Å². The predicted octanol–water partition coefficient (Wildman–Crippen LogP) is 2.73. The van der Waals surface area contributed by atoms with Gasteiger partial charge < -0.3 is 5.32 Å². The molecule has 0 atom stereocenters. The smallest absolute Gasteiger partial charge is 0.252 e. The standard InChI is InChI=1S/C14H24N2O2S2/c1-4-16(12-7-5-6-8-12)20(17,18)14-9-11(2)13(19-14)10-15-3/h9,12,15H,4-8,10H2,1-3H3. The van der Waals surface area contributed by atoms with Crippen molar-refractivity contribution >= 4 is 21.4 Å². The summed E-state index contributed by atoms with van der Waals surface area (Å²) >= 11 is 1.40. The molecule has 1 fully saturated rings. The highest BCUT2D eigenvalue weighted by Gasteiger charge is 2.33. The zero-order valence-corrected chi connectivity index (χ0v) is 14.1. The topological polar surface area (TPSA) is 49.4 Å². The van der Waals surface area contributed by atoms with Crippen molar-refractivity contribution in [2.24, 2.45) is 0 Å². The van der Waals surface area contributed by atoms with Gasteiger partial charge in [-0.2, -0.15) is 4.31 Å². The lowest BCUT2D eigenvalue weighted by Crippen LogP contribution is -2.38. The van der Waals surface area contributed by atoms with Gasteiger partial charge in [0.05, 0.1) is 0 Å². The minimum atomic E-state index is -3.33. The predicted molar refractivity (Wildman–Crippen MR) is 83.6 cm³/mol. The molecule has 114 valence electrons. The molecule has 2 rings (SSSR count). The normalized spacial score (nSPS) is 17.2. The molecule has 6 heteroatoms. The van der Waals surface area contributed by atoms with E-state index < -0.39 is 10.0 Å². The number of nitrogens with one attached hydrogen (secondary N) is 1. The van der Waals surface area contributed by atoms with Crippen LogP contribution >= 0.6 is 11.3 Å². The molecule has 0 bridgehead atoms. The molecule has 1 N–H and O–H groups in total. The van der Waals surface area contributed by atoms with Crippen molar-refractivity contribution in [1.29, 1.82) is 0 Å². The van der Waals surface area contributed by atoms with Crippen molar-refractivity contribution in [3.63, 3.8) is 0 Å². The van der Waals surface area contributed by atoms with Gasteiger partial charge in [-0.25, -0.2) is 8.42 Å². The number of thiophene rings is 1. The summed E-state index contributed by atoms with van der Waals surface area (Å²) in [5.41, 5.74) is 1.06.